The second-order valence-electron chi connectivity index (χ2n) is 5.10. The Hall–Kier alpha value is -3.02. The zero-order chi connectivity index (χ0) is 18.2. The first-order valence-electron chi connectivity index (χ1n) is 7.58. The zero-order valence-corrected chi connectivity index (χ0v) is 14.3. The highest BCUT2D eigenvalue weighted by Gasteiger charge is 2.12. The van der Waals surface area contributed by atoms with Gasteiger partial charge in [0.05, 0.1) is 21.3 Å². The second-order valence-corrected chi connectivity index (χ2v) is 5.10. The van der Waals surface area contributed by atoms with E-state index in [1.165, 1.54) is 33.5 Å². The molecule has 2 rings (SSSR count). The number of carbonyl (C=O) groups excluding carboxylic acids is 1. The molecular formula is C19H20FNO4. The van der Waals surface area contributed by atoms with Gasteiger partial charge in [-0.25, -0.2) is 4.39 Å². The van der Waals surface area contributed by atoms with Gasteiger partial charge in [0.15, 0.2) is 11.5 Å². The molecule has 0 atom stereocenters. The van der Waals surface area contributed by atoms with Crippen molar-refractivity contribution in [2.45, 2.75) is 6.54 Å². The van der Waals surface area contributed by atoms with Crippen molar-refractivity contribution < 1.29 is 23.4 Å². The number of hydrogen-bond donors (Lipinski definition) is 1. The van der Waals surface area contributed by atoms with Crippen LogP contribution in [0.1, 0.15) is 11.1 Å². The van der Waals surface area contributed by atoms with E-state index >= 15 is 0 Å². The molecule has 0 aliphatic carbocycles. The standard InChI is InChI=1S/C19H20FNO4/c1-23-16-10-13(11-17(24-2)19(16)25-3)8-9-18(22)21-12-14-6-4-5-7-15(14)20/h4-11H,12H2,1-3H3,(H,21,22)/b9-8+. The maximum absolute atomic E-state index is 13.5. The quantitative estimate of drug-likeness (QED) is 0.783. The molecule has 132 valence electrons. The Balaban J connectivity index is 2.08. The Morgan fingerprint density at radius 3 is 2.28 bits per heavy atom. The maximum atomic E-state index is 13.5. The van der Waals surface area contributed by atoms with E-state index in [9.17, 15) is 9.18 Å². The monoisotopic (exact) mass is 345 g/mol. The summed E-state index contributed by atoms with van der Waals surface area (Å²) in [5.41, 5.74) is 1.13. The van der Waals surface area contributed by atoms with Gasteiger partial charge >= 0.3 is 0 Å². The molecule has 25 heavy (non-hydrogen) atoms. The van der Waals surface area contributed by atoms with Gasteiger partial charge in [-0.3, -0.25) is 4.79 Å². The summed E-state index contributed by atoms with van der Waals surface area (Å²) in [4.78, 5) is 11.9. The van der Waals surface area contributed by atoms with Gasteiger partial charge in [0.25, 0.3) is 0 Å². The molecule has 0 radical (unpaired) electrons. The lowest BCUT2D eigenvalue weighted by Crippen LogP contribution is -2.20. The number of hydrogen-bond acceptors (Lipinski definition) is 4. The SMILES string of the molecule is COc1cc(/C=C/C(=O)NCc2ccccc2F)cc(OC)c1OC. The molecule has 1 N–H and O–H groups in total. The Morgan fingerprint density at radius 1 is 1.08 bits per heavy atom. The fraction of sp³-hybridized carbons (Fsp3) is 0.211. The highest BCUT2D eigenvalue weighted by Crippen LogP contribution is 2.38. The summed E-state index contributed by atoms with van der Waals surface area (Å²) in [5.74, 6) is 0.779. The van der Waals surface area contributed by atoms with Gasteiger partial charge in [-0.2, -0.15) is 0 Å². The summed E-state index contributed by atoms with van der Waals surface area (Å²) in [7, 11) is 4.56. The van der Waals surface area contributed by atoms with Crippen LogP contribution in [0.5, 0.6) is 17.2 Å². The second kappa shape index (κ2) is 8.73. The minimum absolute atomic E-state index is 0.116. The van der Waals surface area contributed by atoms with Crippen molar-refractivity contribution in [3.05, 3.63) is 59.4 Å². The molecule has 6 heteroatoms. The van der Waals surface area contributed by atoms with Crippen molar-refractivity contribution in [3.8, 4) is 17.2 Å². The number of nitrogens with one attached hydrogen (secondary N) is 1. The number of ether oxygens (including phenoxy) is 3. The Labute approximate surface area is 146 Å². The number of amides is 1. The van der Waals surface area contributed by atoms with Crippen molar-refractivity contribution >= 4 is 12.0 Å². The van der Waals surface area contributed by atoms with Crippen molar-refractivity contribution in [2.75, 3.05) is 21.3 Å². The average Bonchev–Trinajstić information content (AvgIpc) is 2.64. The molecule has 0 aromatic heterocycles. The molecule has 0 bridgehead atoms. The van der Waals surface area contributed by atoms with Crippen molar-refractivity contribution in [3.63, 3.8) is 0 Å². The number of benzene rings is 2. The number of methoxy groups -OCH3 is 3. The fourth-order valence-electron chi connectivity index (χ4n) is 2.25. The van der Waals surface area contributed by atoms with Crippen LogP contribution in [-0.4, -0.2) is 27.2 Å². The largest absolute Gasteiger partial charge is 0.493 e. The highest BCUT2D eigenvalue weighted by molar-refractivity contribution is 5.91. The van der Waals surface area contributed by atoms with Crippen molar-refractivity contribution in [2.24, 2.45) is 0 Å². The van der Waals surface area contributed by atoms with Crippen LogP contribution < -0.4 is 19.5 Å². The van der Waals surface area contributed by atoms with Crippen LogP contribution in [0.2, 0.25) is 0 Å². The van der Waals surface area contributed by atoms with Gasteiger partial charge in [0.1, 0.15) is 5.82 Å². The van der Waals surface area contributed by atoms with Gasteiger partial charge in [0.2, 0.25) is 11.7 Å². The molecule has 1 amide bonds. The minimum atomic E-state index is -0.351. The number of rotatable bonds is 7. The molecule has 0 heterocycles. The Bertz CT molecular complexity index is 749. The van der Waals surface area contributed by atoms with Crippen molar-refractivity contribution in [1.29, 1.82) is 0 Å². The van der Waals surface area contributed by atoms with E-state index in [4.69, 9.17) is 14.2 Å². The molecular weight excluding hydrogens is 325 g/mol. The van der Waals surface area contributed by atoms with Gasteiger partial charge in [-0.1, -0.05) is 18.2 Å². The van der Waals surface area contributed by atoms with E-state index in [1.807, 2.05) is 0 Å². The Morgan fingerprint density at radius 2 is 1.72 bits per heavy atom. The summed E-state index contributed by atoms with van der Waals surface area (Å²) in [6.07, 6.45) is 2.97. The predicted molar refractivity (Wildman–Crippen MR) is 93.4 cm³/mol. The van der Waals surface area contributed by atoms with E-state index in [2.05, 4.69) is 5.32 Å². The van der Waals surface area contributed by atoms with Crippen LogP contribution >= 0.6 is 0 Å². The number of carbonyl (C=O) groups is 1. The summed E-state index contributed by atoms with van der Waals surface area (Å²) >= 11 is 0. The summed E-state index contributed by atoms with van der Waals surface area (Å²) in [6, 6.07) is 9.75. The lowest BCUT2D eigenvalue weighted by atomic mass is 10.1. The predicted octanol–water partition coefficient (Wildman–Crippen LogP) is 3.18. The first-order valence-corrected chi connectivity index (χ1v) is 7.58. The molecule has 2 aromatic carbocycles. The third kappa shape index (κ3) is 4.73. The lowest BCUT2D eigenvalue weighted by molar-refractivity contribution is -0.116. The van der Waals surface area contributed by atoms with Crippen LogP contribution in [0.15, 0.2) is 42.5 Å². The molecule has 0 aliphatic rings. The smallest absolute Gasteiger partial charge is 0.244 e. The molecule has 0 aliphatic heterocycles. The number of halogens is 1. The van der Waals surface area contributed by atoms with Crippen molar-refractivity contribution in [1.82, 2.24) is 5.32 Å². The van der Waals surface area contributed by atoms with E-state index in [0.29, 0.717) is 28.4 Å². The van der Waals surface area contributed by atoms with Gasteiger partial charge in [-0.05, 0) is 29.8 Å². The summed E-state index contributed by atoms with van der Waals surface area (Å²) in [5, 5.41) is 2.64. The van der Waals surface area contributed by atoms with Gasteiger partial charge < -0.3 is 19.5 Å². The van der Waals surface area contributed by atoms with Crippen LogP contribution in [0.3, 0.4) is 0 Å². The maximum Gasteiger partial charge on any atom is 0.244 e. The van der Waals surface area contributed by atoms with E-state index < -0.39 is 0 Å². The van der Waals surface area contributed by atoms with E-state index in [0.717, 1.165) is 0 Å². The fourth-order valence-corrected chi connectivity index (χ4v) is 2.25. The minimum Gasteiger partial charge on any atom is -0.493 e. The summed E-state index contributed by atoms with van der Waals surface area (Å²) < 4.78 is 29.3. The van der Waals surface area contributed by atoms with E-state index in [1.54, 1.807) is 36.4 Å². The zero-order valence-electron chi connectivity index (χ0n) is 14.3. The molecule has 5 nitrogen and oxygen atoms in total. The molecule has 0 saturated carbocycles. The Kier molecular flexibility index (Phi) is 6.39. The molecule has 2 aromatic rings. The topological polar surface area (TPSA) is 56.8 Å². The molecule has 0 fully saturated rings. The van der Waals surface area contributed by atoms with Gasteiger partial charge in [0, 0.05) is 18.2 Å². The van der Waals surface area contributed by atoms with E-state index in [-0.39, 0.29) is 18.3 Å². The van der Waals surface area contributed by atoms with Crippen LogP contribution in [0.25, 0.3) is 6.08 Å². The average molecular weight is 345 g/mol. The normalized spacial score (nSPS) is 10.6. The molecule has 0 spiro atoms. The third-order valence-electron chi connectivity index (χ3n) is 3.53. The van der Waals surface area contributed by atoms with Crippen LogP contribution in [0.4, 0.5) is 4.39 Å². The van der Waals surface area contributed by atoms with Gasteiger partial charge in [-0.15, -0.1) is 0 Å². The first kappa shape index (κ1) is 18.3. The summed E-state index contributed by atoms with van der Waals surface area (Å²) in [6.45, 7) is 0.116. The van der Waals surface area contributed by atoms with Crippen LogP contribution in [-0.2, 0) is 11.3 Å². The lowest BCUT2D eigenvalue weighted by Gasteiger charge is -2.12. The highest BCUT2D eigenvalue weighted by atomic mass is 19.1. The molecule has 0 saturated heterocycles. The molecule has 0 unspecified atom stereocenters. The first-order chi connectivity index (χ1) is 12.1. The third-order valence-corrected chi connectivity index (χ3v) is 3.53. The van der Waals surface area contributed by atoms with Crippen LogP contribution in [0, 0.1) is 5.82 Å².